The molecule has 0 aliphatic carbocycles. The number of hydrogen-bond acceptors (Lipinski definition) is 3. The molecular formula is C20H38O4. The molecule has 0 spiro atoms. The van der Waals surface area contributed by atoms with Gasteiger partial charge in [0.25, 0.3) is 0 Å². The Balaban J connectivity index is 0. The van der Waals surface area contributed by atoms with Gasteiger partial charge in [0, 0.05) is 13.3 Å². The molecule has 0 saturated carbocycles. The lowest BCUT2D eigenvalue weighted by atomic mass is 9.89. The zero-order valence-electron chi connectivity index (χ0n) is 16.2. The average molecular weight is 343 g/mol. The van der Waals surface area contributed by atoms with Crippen molar-refractivity contribution in [3.05, 3.63) is 12.8 Å². The van der Waals surface area contributed by atoms with Crippen molar-refractivity contribution in [2.75, 3.05) is 0 Å². The van der Waals surface area contributed by atoms with Crippen molar-refractivity contribution in [1.82, 2.24) is 0 Å². The Bertz CT molecular complexity index is 329. The second kappa shape index (κ2) is 16.5. The molecule has 142 valence electrons. The molecule has 0 aromatic rings. The van der Waals surface area contributed by atoms with Crippen LogP contribution >= 0.6 is 0 Å². The van der Waals surface area contributed by atoms with Crippen LogP contribution in [0.1, 0.15) is 98.3 Å². The van der Waals surface area contributed by atoms with Crippen LogP contribution in [0, 0.1) is 5.41 Å². The summed E-state index contributed by atoms with van der Waals surface area (Å²) in [5.74, 6) is -0.987. The van der Waals surface area contributed by atoms with Gasteiger partial charge in [-0.05, 0) is 18.3 Å². The molecule has 0 aromatic heterocycles. The monoisotopic (exact) mass is 342 g/mol. The smallest absolute Gasteiger partial charge is 0.307 e. The van der Waals surface area contributed by atoms with Gasteiger partial charge < -0.3 is 9.84 Å². The van der Waals surface area contributed by atoms with Crippen LogP contribution in [0.25, 0.3) is 0 Å². The molecule has 0 aliphatic rings. The lowest BCUT2D eigenvalue weighted by Gasteiger charge is -2.17. The van der Waals surface area contributed by atoms with E-state index in [1.807, 2.05) is 0 Å². The number of hydrogen-bond donors (Lipinski definition) is 1. The van der Waals surface area contributed by atoms with Crippen LogP contribution in [-0.4, -0.2) is 17.0 Å². The highest BCUT2D eigenvalue weighted by molar-refractivity contribution is 5.66. The van der Waals surface area contributed by atoms with Gasteiger partial charge in [0.05, 0.1) is 6.26 Å². The fraction of sp³-hybridized carbons (Fsp3) is 0.800. The first-order valence-electron chi connectivity index (χ1n) is 9.19. The summed E-state index contributed by atoms with van der Waals surface area (Å²) in [5.41, 5.74) is 0.490. The van der Waals surface area contributed by atoms with Crippen molar-refractivity contribution in [3.8, 4) is 0 Å². The van der Waals surface area contributed by atoms with Crippen LogP contribution < -0.4 is 0 Å². The summed E-state index contributed by atoms with van der Waals surface area (Å²) < 4.78 is 4.17. The zero-order chi connectivity index (χ0) is 18.8. The summed E-state index contributed by atoms with van der Waals surface area (Å²) in [6, 6.07) is 0. The quantitative estimate of drug-likeness (QED) is 0.264. The molecule has 0 amide bonds. The highest BCUT2D eigenvalue weighted by atomic mass is 16.5. The number of carbonyl (C=O) groups excluding carboxylic acids is 1. The van der Waals surface area contributed by atoms with Crippen molar-refractivity contribution in [2.24, 2.45) is 5.41 Å². The number of carboxylic acid groups (broad SMARTS) is 1. The summed E-state index contributed by atoms with van der Waals surface area (Å²) in [4.78, 5) is 20.1. The highest BCUT2D eigenvalue weighted by Gasteiger charge is 2.08. The molecule has 0 aliphatic heterocycles. The summed E-state index contributed by atoms with van der Waals surface area (Å²) in [6.45, 7) is 11.4. The van der Waals surface area contributed by atoms with Gasteiger partial charge in [0.1, 0.15) is 0 Å². The van der Waals surface area contributed by atoms with Crippen LogP contribution in [-0.2, 0) is 14.3 Å². The van der Waals surface area contributed by atoms with Gasteiger partial charge in [0.2, 0.25) is 0 Å². The number of unbranched alkanes of at least 4 members (excludes halogenated alkanes) is 8. The summed E-state index contributed by atoms with van der Waals surface area (Å²) in [5, 5.41) is 8.49. The maximum absolute atomic E-state index is 10.3. The largest absolute Gasteiger partial charge is 0.481 e. The third-order valence-electron chi connectivity index (χ3n) is 3.57. The summed E-state index contributed by atoms with van der Waals surface area (Å²) >= 11 is 0. The Morgan fingerprint density at radius 2 is 1.33 bits per heavy atom. The van der Waals surface area contributed by atoms with Crippen molar-refractivity contribution in [1.29, 1.82) is 0 Å². The van der Waals surface area contributed by atoms with Crippen LogP contribution in [0.4, 0.5) is 0 Å². The van der Waals surface area contributed by atoms with Gasteiger partial charge in [-0.15, -0.1) is 0 Å². The predicted molar refractivity (Wildman–Crippen MR) is 99.8 cm³/mol. The average Bonchev–Trinajstić information content (AvgIpc) is 2.43. The molecule has 0 unspecified atom stereocenters. The minimum absolute atomic E-state index is 0.329. The molecule has 0 radical (unpaired) electrons. The fourth-order valence-electron chi connectivity index (χ4n) is 2.29. The number of ether oxygens (including phenoxy) is 1. The Labute approximate surface area is 148 Å². The molecule has 0 heterocycles. The molecule has 4 nitrogen and oxygen atoms in total. The maximum Gasteiger partial charge on any atom is 0.307 e. The van der Waals surface area contributed by atoms with E-state index in [4.69, 9.17) is 5.11 Å². The molecule has 0 saturated heterocycles. The molecule has 1 N–H and O–H groups in total. The zero-order valence-corrected chi connectivity index (χ0v) is 16.2. The topological polar surface area (TPSA) is 63.6 Å². The minimum Gasteiger partial charge on any atom is -0.481 e. The van der Waals surface area contributed by atoms with Gasteiger partial charge in [-0.25, -0.2) is 0 Å². The predicted octanol–water partition coefficient (Wildman–Crippen LogP) is 6.10. The molecule has 0 fully saturated rings. The first-order chi connectivity index (χ1) is 11.2. The minimum atomic E-state index is -0.658. The standard InChI is InChI=1S/C16H32O2.C4H6O2/c1-16(2,3)14-12-10-8-6-4-5-7-9-11-13-15(17)18;1-3-6-4(2)5/h4-14H2,1-3H3,(H,17,18);3H,1H2,2H3. The molecule has 4 heteroatoms. The first-order valence-corrected chi connectivity index (χ1v) is 9.19. The number of rotatable bonds is 12. The van der Waals surface area contributed by atoms with Crippen LogP contribution in [0.15, 0.2) is 12.8 Å². The molecule has 0 bridgehead atoms. The van der Waals surface area contributed by atoms with Gasteiger partial charge in [-0.3, -0.25) is 9.59 Å². The Kier molecular flexibility index (Phi) is 17.2. The lowest BCUT2D eigenvalue weighted by molar-refractivity contribution is -0.137. The van der Waals surface area contributed by atoms with Gasteiger partial charge in [0.15, 0.2) is 0 Å². The normalized spacial score (nSPS) is 10.5. The van der Waals surface area contributed by atoms with E-state index in [0.717, 1.165) is 19.1 Å². The molecular weight excluding hydrogens is 304 g/mol. The Morgan fingerprint density at radius 1 is 0.917 bits per heavy atom. The summed E-state index contributed by atoms with van der Waals surface area (Å²) in [7, 11) is 0. The van der Waals surface area contributed by atoms with Crippen molar-refractivity contribution in [2.45, 2.75) is 98.3 Å². The van der Waals surface area contributed by atoms with Crippen LogP contribution in [0.3, 0.4) is 0 Å². The number of carboxylic acids is 1. The van der Waals surface area contributed by atoms with E-state index >= 15 is 0 Å². The molecule has 24 heavy (non-hydrogen) atoms. The van der Waals surface area contributed by atoms with Crippen molar-refractivity contribution >= 4 is 11.9 Å². The molecule has 0 rings (SSSR count). The van der Waals surface area contributed by atoms with E-state index in [1.54, 1.807) is 0 Å². The third kappa shape index (κ3) is 28.8. The lowest BCUT2D eigenvalue weighted by Crippen LogP contribution is -2.03. The Morgan fingerprint density at radius 3 is 1.62 bits per heavy atom. The second-order valence-corrected chi connectivity index (χ2v) is 7.41. The number of aliphatic carboxylic acids is 1. The van der Waals surface area contributed by atoms with E-state index in [1.165, 1.54) is 58.3 Å². The van der Waals surface area contributed by atoms with Crippen LogP contribution in [0.2, 0.25) is 0 Å². The van der Waals surface area contributed by atoms with Gasteiger partial charge in [-0.2, -0.15) is 0 Å². The molecule has 0 aromatic carbocycles. The molecule has 0 atom stereocenters. The summed E-state index contributed by atoms with van der Waals surface area (Å²) in [6.07, 6.45) is 14.0. The van der Waals surface area contributed by atoms with Crippen LogP contribution in [0.5, 0.6) is 0 Å². The van der Waals surface area contributed by atoms with Gasteiger partial charge in [-0.1, -0.05) is 78.7 Å². The van der Waals surface area contributed by atoms with E-state index in [2.05, 4.69) is 32.1 Å². The van der Waals surface area contributed by atoms with E-state index in [0.29, 0.717) is 11.8 Å². The SMILES string of the molecule is C=COC(C)=O.CC(C)(C)CCCCCCCCCCCC(=O)O. The second-order valence-electron chi connectivity index (χ2n) is 7.41. The number of esters is 1. The number of carbonyl (C=O) groups is 2. The first kappa shape index (κ1) is 24.9. The van der Waals surface area contributed by atoms with Crippen molar-refractivity contribution in [3.63, 3.8) is 0 Å². The van der Waals surface area contributed by atoms with E-state index in [9.17, 15) is 9.59 Å². The maximum atomic E-state index is 10.3. The Hall–Kier alpha value is -1.32. The van der Waals surface area contributed by atoms with E-state index in [-0.39, 0.29) is 5.97 Å². The van der Waals surface area contributed by atoms with Crippen molar-refractivity contribution < 1.29 is 19.4 Å². The van der Waals surface area contributed by atoms with Gasteiger partial charge >= 0.3 is 11.9 Å². The fourth-order valence-corrected chi connectivity index (χ4v) is 2.29. The highest BCUT2D eigenvalue weighted by Crippen LogP contribution is 2.22. The third-order valence-corrected chi connectivity index (χ3v) is 3.57. The van der Waals surface area contributed by atoms with E-state index < -0.39 is 5.97 Å².